The molecule has 0 radical (unpaired) electrons. The fourth-order valence-corrected chi connectivity index (χ4v) is 5.81. The second-order valence-electron chi connectivity index (χ2n) is 7.80. The number of hydrogen-bond acceptors (Lipinski definition) is 6. The molecule has 0 bridgehead atoms. The van der Waals surface area contributed by atoms with Gasteiger partial charge in [-0.15, -0.1) is 23.1 Å². The van der Waals surface area contributed by atoms with Crippen molar-refractivity contribution in [3.8, 4) is 11.4 Å². The second-order valence-corrected chi connectivity index (χ2v) is 10.8. The number of aromatic amines is 1. The maximum atomic E-state index is 14.9. The van der Waals surface area contributed by atoms with E-state index >= 15 is 0 Å². The number of ether oxygens (including phenoxy) is 1. The largest absolute Gasteiger partial charge is 0.496 e. The van der Waals surface area contributed by atoms with Crippen LogP contribution in [0.4, 0.5) is 4.39 Å². The Hall–Kier alpha value is -3.08. The van der Waals surface area contributed by atoms with Gasteiger partial charge in [-0.2, -0.15) is 0 Å². The lowest BCUT2D eigenvalue weighted by atomic mass is 10.0. The number of aromatic nitrogens is 2. The van der Waals surface area contributed by atoms with Crippen molar-refractivity contribution < 1.29 is 19.0 Å². The number of fused-ring (bicyclic) bond motifs is 1. The molecular formula is C23H18ClFN2O5S2. The van der Waals surface area contributed by atoms with Gasteiger partial charge in [-0.25, -0.2) is 18.5 Å². The summed E-state index contributed by atoms with van der Waals surface area (Å²) < 4.78 is 20.3. The van der Waals surface area contributed by atoms with Gasteiger partial charge in [-0.3, -0.25) is 4.79 Å². The van der Waals surface area contributed by atoms with E-state index in [2.05, 4.69) is 4.98 Å². The third kappa shape index (κ3) is 4.24. The molecule has 2 N–H and O–H groups in total. The number of halogens is 2. The molecule has 7 nitrogen and oxygen atoms in total. The predicted octanol–water partition coefficient (Wildman–Crippen LogP) is 5.27. The van der Waals surface area contributed by atoms with Crippen molar-refractivity contribution in [1.29, 1.82) is 0 Å². The first-order valence-electron chi connectivity index (χ1n) is 9.86. The van der Waals surface area contributed by atoms with Crippen LogP contribution in [0.25, 0.3) is 16.6 Å². The van der Waals surface area contributed by atoms with Crippen molar-refractivity contribution in [2.24, 2.45) is 0 Å². The van der Waals surface area contributed by atoms with E-state index in [1.807, 2.05) is 13.8 Å². The summed E-state index contributed by atoms with van der Waals surface area (Å²) in [5.41, 5.74) is -1.17. The van der Waals surface area contributed by atoms with E-state index in [9.17, 15) is 23.9 Å². The van der Waals surface area contributed by atoms with Gasteiger partial charge in [0.1, 0.15) is 16.4 Å². The molecule has 0 saturated carbocycles. The third-order valence-electron chi connectivity index (χ3n) is 5.19. The Morgan fingerprint density at radius 1 is 1.24 bits per heavy atom. The van der Waals surface area contributed by atoms with Crippen LogP contribution < -0.4 is 16.0 Å². The van der Waals surface area contributed by atoms with Crippen LogP contribution in [0.15, 0.2) is 56.3 Å². The second kappa shape index (κ2) is 8.94. The highest BCUT2D eigenvalue weighted by molar-refractivity contribution is 8.00. The molecule has 4 rings (SSSR count). The molecule has 0 spiro atoms. The topological polar surface area (TPSA) is 101 Å². The first-order valence-corrected chi connectivity index (χ1v) is 11.9. The molecule has 2 aromatic carbocycles. The van der Waals surface area contributed by atoms with Crippen LogP contribution in [-0.2, 0) is 4.75 Å². The molecule has 34 heavy (non-hydrogen) atoms. The number of H-pyrrole nitrogens is 1. The standard InChI is InChI=1S/C23H18ClFN2O5S2/c1-23(2,13-8-11(24)4-7-17(13)32-3)34-12-5-6-14(25)16(9-12)27-20(28)18-15(26-22(27)31)10-33-19(18)21(29)30/h4-10H,1-3H3,(H,26,31)(H,29,30). The lowest BCUT2D eigenvalue weighted by Gasteiger charge is -2.27. The molecular weight excluding hydrogens is 503 g/mol. The SMILES string of the molecule is COc1ccc(Cl)cc1C(C)(C)Sc1ccc(F)c(-n2c(=O)[nH]c3csc(C(=O)O)c3c2=O)c1. The molecule has 2 heterocycles. The van der Waals surface area contributed by atoms with Gasteiger partial charge in [-0.1, -0.05) is 11.6 Å². The summed E-state index contributed by atoms with van der Waals surface area (Å²) >= 11 is 8.35. The molecule has 0 fully saturated rings. The molecule has 0 aliphatic rings. The van der Waals surface area contributed by atoms with E-state index in [0.29, 0.717) is 20.2 Å². The smallest absolute Gasteiger partial charge is 0.346 e. The van der Waals surface area contributed by atoms with E-state index in [-0.39, 0.29) is 21.5 Å². The van der Waals surface area contributed by atoms with Crippen molar-refractivity contribution >= 4 is 51.6 Å². The summed E-state index contributed by atoms with van der Waals surface area (Å²) in [6.45, 7) is 3.87. The Bertz CT molecular complexity index is 1560. The molecule has 0 unspecified atom stereocenters. The van der Waals surface area contributed by atoms with Crippen LogP contribution in [0.2, 0.25) is 5.02 Å². The van der Waals surface area contributed by atoms with E-state index in [1.54, 1.807) is 25.3 Å². The molecule has 0 amide bonds. The maximum absolute atomic E-state index is 14.9. The van der Waals surface area contributed by atoms with Gasteiger partial charge in [0.05, 0.1) is 23.7 Å². The molecule has 176 valence electrons. The molecule has 11 heteroatoms. The van der Waals surface area contributed by atoms with Gasteiger partial charge in [0.15, 0.2) is 0 Å². The fourth-order valence-electron chi connectivity index (χ4n) is 3.64. The molecule has 0 aliphatic carbocycles. The number of rotatable bonds is 6. The Labute approximate surface area is 205 Å². The monoisotopic (exact) mass is 520 g/mol. The number of carboxylic acids is 1. The number of nitrogens with zero attached hydrogens (tertiary/aromatic N) is 1. The Kier molecular flexibility index (Phi) is 6.32. The number of nitrogens with one attached hydrogen (secondary N) is 1. The number of carboxylic acid groups (broad SMARTS) is 1. The predicted molar refractivity (Wildman–Crippen MR) is 132 cm³/mol. The zero-order valence-corrected chi connectivity index (χ0v) is 20.5. The van der Waals surface area contributed by atoms with Crippen LogP contribution in [0.1, 0.15) is 29.1 Å². The van der Waals surface area contributed by atoms with Crippen molar-refractivity contribution in [3.63, 3.8) is 0 Å². The summed E-state index contributed by atoms with van der Waals surface area (Å²) in [5.74, 6) is -1.49. The summed E-state index contributed by atoms with van der Waals surface area (Å²) in [6, 6.07) is 9.33. The van der Waals surface area contributed by atoms with Crippen LogP contribution in [0.5, 0.6) is 5.75 Å². The molecule has 4 aromatic rings. The number of carbonyl (C=O) groups is 1. The molecule has 2 aromatic heterocycles. The average molecular weight is 521 g/mol. The van der Waals surface area contributed by atoms with Crippen molar-refractivity contribution in [1.82, 2.24) is 9.55 Å². The van der Waals surface area contributed by atoms with Crippen molar-refractivity contribution in [3.05, 3.63) is 83.9 Å². The van der Waals surface area contributed by atoms with E-state index in [1.165, 1.54) is 29.3 Å². The Balaban J connectivity index is 1.84. The number of thiophene rings is 1. The van der Waals surface area contributed by atoms with Gasteiger partial charge in [-0.05, 0) is 50.2 Å². The molecule has 0 atom stereocenters. The Morgan fingerprint density at radius 2 is 1.97 bits per heavy atom. The van der Waals surface area contributed by atoms with Crippen LogP contribution in [0, 0.1) is 5.82 Å². The lowest BCUT2D eigenvalue weighted by Crippen LogP contribution is -2.34. The zero-order valence-electron chi connectivity index (χ0n) is 18.1. The van der Waals surface area contributed by atoms with Gasteiger partial charge in [0, 0.05) is 25.6 Å². The average Bonchev–Trinajstić information content (AvgIpc) is 3.20. The van der Waals surface area contributed by atoms with Crippen LogP contribution in [0.3, 0.4) is 0 Å². The molecule has 0 aliphatic heterocycles. The zero-order chi connectivity index (χ0) is 24.8. The van der Waals surface area contributed by atoms with Gasteiger partial charge >= 0.3 is 11.7 Å². The number of thioether (sulfide) groups is 1. The highest BCUT2D eigenvalue weighted by Gasteiger charge is 2.27. The van der Waals surface area contributed by atoms with Crippen molar-refractivity contribution in [2.45, 2.75) is 23.5 Å². The van der Waals surface area contributed by atoms with Crippen LogP contribution in [-0.4, -0.2) is 27.7 Å². The van der Waals surface area contributed by atoms with E-state index in [4.69, 9.17) is 16.3 Å². The van der Waals surface area contributed by atoms with Gasteiger partial charge < -0.3 is 14.8 Å². The van der Waals surface area contributed by atoms with Gasteiger partial charge in [0.25, 0.3) is 5.56 Å². The van der Waals surface area contributed by atoms with E-state index < -0.39 is 27.8 Å². The summed E-state index contributed by atoms with van der Waals surface area (Å²) in [6.07, 6.45) is 0. The number of hydrogen-bond donors (Lipinski definition) is 2. The number of aromatic carboxylic acids is 1. The maximum Gasteiger partial charge on any atom is 0.346 e. The van der Waals surface area contributed by atoms with Crippen molar-refractivity contribution in [2.75, 3.05) is 7.11 Å². The third-order valence-corrected chi connectivity index (χ3v) is 7.61. The van der Waals surface area contributed by atoms with Crippen LogP contribution >= 0.6 is 34.7 Å². The summed E-state index contributed by atoms with van der Waals surface area (Å²) in [4.78, 5) is 40.1. The summed E-state index contributed by atoms with van der Waals surface area (Å²) in [7, 11) is 1.55. The number of benzene rings is 2. The summed E-state index contributed by atoms with van der Waals surface area (Å²) in [5, 5.41) is 11.1. The normalized spacial score (nSPS) is 11.7. The highest BCUT2D eigenvalue weighted by atomic mass is 35.5. The highest BCUT2D eigenvalue weighted by Crippen LogP contribution is 2.45. The first-order chi connectivity index (χ1) is 16.0. The minimum atomic E-state index is -1.31. The number of methoxy groups -OCH3 is 1. The molecule has 0 saturated heterocycles. The lowest BCUT2D eigenvalue weighted by molar-refractivity contribution is 0.0704. The van der Waals surface area contributed by atoms with Gasteiger partial charge in [0.2, 0.25) is 0 Å². The fraction of sp³-hybridized carbons (Fsp3) is 0.174. The Morgan fingerprint density at radius 3 is 2.65 bits per heavy atom. The first kappa shape index (κ1) is 24.1. The minimum Gasteiger partial charge on any atom is -0.496 e. The quantitative estimate of drug-likeness (QED) is 0.336. The minimum absolute atomic E-state index is 0.0915. The van der Waals surface area contributed by atoms with E-state index in [0.717, 1.165) is 23.0 Å².